The summed E-state index contributed by atoms with van der Waals surface area (Å²) in [5, 5.41) is 11.2. The minimum atomic E-state index is -0.448. The van der Waals surface area contributed by atoms with Crippen LogP contribution in [0, 0.1) is 10.1 Å². The van der Waals surface area contributed by atoms with Crippen LogP contribution in [-0.4, -0.2) is 48.8 Å². The summed E-state index contributed by atoms with van der Waals surface area (Å²) in [7, 11) is 2.16. The Balaban J connectivity index is 1.57. The van der Waals surface area contributed by atoms with Gasteiger partial charge in [-0.15, -0.1) is 0 Å². The zero-order valence-corrected chi connectivity index (χ0v) is 15.4. The average Bonchev–Trinajstić information content (AvgIpc) is 2.95. The molecule has 2 aliphatic heterocycles. The molecule has 0 atom stereocenters. The zero-order valence-electron chi connectivity index (χ0n) is 15.4. The fourth-order valence-electron chi connectivity index (χ4n) is 3.74. The van der Waals surface area contributed by atoms with Crippen LogP contribution in [0.5, 0.6) is 0 Å². The van der Waals surface area contributed by atoms with Crippen molar-refractivity contribution in [2.75, 3.05) is 43.9 Å². The van der Waals surface area contributed by atoms with Gasteiger partial charge in [-0.05, 0) is 49.8 Å². The van der Waals surface area contributed by atoms with Crippen molar-refractivity contribution < 1.29 is 4.92 Å². The second-order valence-electron chi connectivity index (χ2n) is 7.22. The molecular weight excluding hydrogens is 342 g/mol. The Bertz CT molecular complexity index is 925. The Morgan fingerprint density at radius 2 is 1.96 bits per heavy atom. The number of nitrogens with two attached hydrogens (primary N) is 1. The number of nitro groups is 1. The van der Waals surface area contributed by atoms with Gasteiger partial charge in [-0.2, -0.15) is 0 Å². The first-order valence-corrected chi connectivity index (χ1v) is 9.19. The van der Waals surface area contributed by atoms with Crippen molar-refractivity contribution >= 4 is 28.5 Å². The van der Waals surface area contributed by atoms with E-state index in [1.165, 1.54) is 17.3 Å². The number of benzene rings is 2. The Morgan fingerprint density at radius 3 is 2.78 bits per heavy atom. The number of rotatable bonds is 3. The molecule has 0 aromatic heterocycles. The van der Waals surface area contributed by atoms with E-state index in [1.807, 2.05) is 0 Å². The monoisotopic (exact) mass is 365 g/mol. The first-order valence-electron chi connectivity index (χ1n) is 9.19. The van der Waals surface area contributed by atoms with Crippen LogP contribution in [0.3, 0.4) is 0 Å². The van der Waals surface area contributed by atoms with Crippen molar-refractivity contribution in [1.82, 2.24) is 4.90 Å². The van der Waals surface area contributed by atoms with Crippen molar-refractivity contribution in [1.29, 1.82) is 0 Å². The lowest BCUT2D eigenvalue weighted by Gasteiger charge is -2.23. The van der Waals surface area contributed by atoms with E-state index in [-0.39, 0.29) is 11.4 Å². The van der Waals surface area contributed by atoms with Crippen LogP contribution in [0.15, 0.2) is 41.4 Å². The predicted molar refractivity (Wildman–Crippen MR) is 108 cm³/mol. The first-order chi connectivity index (χ1) is 13.0. The maximum absolute atomic E-state index is 11.2. The van der Waals surface area contributed by atoms with Crippen LogP contribution >= 0.6 is 0 Å². The highest BCUT2D eigenvalue weighted by Gasteiger charge is 2.21. The predicted octanol–water partition coefficient (Wildman–Crippen LogP) is 3.00. The van der Waals surface area contributed by atoms with Gasteiger partial charge in [-0.25, -0.2) is 0 Å². The van der Waals surface area contributed by atoms with Gasteiger partial charge in [0.15, 0.2) is 0 Å². The highest BCUT2D eigenvalue weighted by molar-refractivity contribution is 6.07. The van der Waals surface area contributed by atoms with Crippen LogP contribution in [0.2, 0.25) is 0 Å². The highest BCUT2D eigenvalue weighted by atomic mass is 16.6. The summed E-state index contributed by atoms with van der Waals surface area (Å²) < 4.78 is 0. The van der Waals surface area contributed by atoms with Gasteiger partial charge in [0, 0.05) is 43.4 Å². The standard InChI is InChI=1S/C20H23N5O2/c1-23-7-2-8-24(10-9-23)16-4-6-18-15(11-16)12-19(22-18)14-3-5-17(21)20(13-14)25(26)27/h3-6,11,13H,2,7-10,12,21H2,1H3. The Morgan fingerprint density at radius 1 is 1.11 bits per heavy atom. The van der Waals surface area contributed by atoms with Crippen molar-refractivity contribution in [3.8, 4) is 0 Å². The maximum atomic E-state index is 11.2. The van der Waals surface area contributed by atoms with Gasteiger partial charge in [-0.1, -0.05) is 6.07 Å². The number of hydrogen-bond acceptors (Lipinski definition) is 6. The quantitative estimate of drug-likeness (QED) is 0.513. The highest BCUT2D eigenvalue weighted by Crippen LogP contribution is 2.34. The summed E-state index contributed by atoms with van der Waals surface area (Å²) in [6.45, 7) is 4.27. The Kier molecular flexibility index (Phi) is 4.53. The number of fused-ring (bicyclic) bond motifs is 1. The van der Waals surface area contributed by atoms with Gasteiger partial charge in [0.2, 0.25) is 0 Å². The number of nitrogens with zero attached hydrogens (tertiary/aromatic N) is 4. The molecule has 2 aromatic rings. The van der Waals surface area contributed by atoms with Gasteiger partial charge < -0.3 is 15.5 Å². The second kappa shape index (κ2) is 7.00. The molecule has 2 heterocycles. The summed E-state index contributed by atoms with van der Waals surface area (Å²) >= 11 is 0. The third-order valence-electron chi connectivity index (χ3n) is 5.32. The molecule has 27 heavy (non-hydrogen) atoms. The molecule has 7 nitrogen and oxygen atoms in total. The molecule has 0 bridgehead atoms. The topological polar surface area (TPSA) is 88.0 Å². The van der Waals surface area contributed by atoms with Crippen LogP contribution in [0.1, 0.15) is 17.5 Å². The van der Waals surface area contributed by atoms with E-state index in [0.29, 0.717) is 6.42 Å². The molecule has 0 radical (unpaired) electrons. The van der Waals surface area contributed by atoms with Crippen LogP contribution in [0.25, 0.3) is 0 Å². The summed E-state index contributed by atoms with van der Waals surface area (Å²) in [6, 6.07) is 11.3. The van der Waals surface area contributed by atoms with E-state index >= 15 is 0 Å². The normalized spacial score (nSPS) is 17.4. The van der Waals surface area contributed by atoms with E-state index in [2.05, 4.69) is 35.0 Å². The molecule has 0 saturated carbocycles. The third-order valence-corrected chi connectivity index (χ3v) is 5.32. The van der Waals surface area contributed by atoms with Gasteiger partial charge in [0.25, 0.3) is 5.69 Å². The lowest BCUT2D eigenvalue weighted by molar-refractivity contribution is -0.383. The Hall–Kier alpha value is -2.93. The lowest BCUT2D eigenvalue weighted by Crippen LogP contribution is -2.28. The molecule has 0 amide bonds. The number of nitrogen functional groups attached to an aromatic ring is 1. The smallest absolute Gasteiger partial charge is 0.292 e. The number of likely N-dealkylation sites (N-methyl/N-ethyl adjacent to an activating group) is 1. The first kappa shape index (κ1) is 17.5. The molecule has 4 rings (SSSR count). The lowest BCUT2D eigenvalue weighted by atomic mass is 10.0. The summed E-state index contributed by atoms with van der Waals surface area (Å²) in [5.74, 6) is 0. The van der Waals surface area contributed by atoms with Crippen molar-refractivity contribution in [2.24, 2.45) is 4.99 Å². The molecule has 2 N–H and O–H groups in total. The van der Waals surface area contributed by atoms with E-state index in [0.717, 1.165) is 49.6 Å². The van der Waals surface area contributed by atoms with Gasteiger partial charge in [0.1, 0.15) is 5.69 Å². The summed E-state index contributed by atoms with van der Waals surface area (Å²) in [4.78, 5) is 20.2. The molecule has 140 valence electrons. The fourth-order valence-corrected chi connectivity index (χ4v) is 3.74. The van der Waals surface area contributed by atoms with Crippen molar-refractivity contribution in [3.05, 3.63) is 57.6 Å². The number of aliphatic imine (C=N–C) groups is 1. The molecule has 1 fully saturated rings. The number of nitro benzene ring substituents is 1. The van der Waals surface area contributed by atoms with Gasteiger partial charge >= 0.3 is 0 Å². The van der Waals surface area contributed by atoms with Gasteiger partial charge in [-0.3, -0.25) is 15.1 Å². The van der Waals surface area contributed by atoms with E-state index < -0.39 is 4.92 Å². The van der Waals surface area contributed by atoms with Crippen LogP contribution < -0.4 is 10.6 Å². The molecule has 0 aliphatic carbocycles. The van der Waals surface area contributed by atoms with Crippen molar-refractivity contribution in [3.63, 3.8) is 0 Å². The van der Waals surface area contributed by atoms with Crippen LogP contribution in [-0.2, 0) is 6.42 Å². The van der Waals surface area contributed by atoms with E-state index in [9.17, 15) is 10.1 Å². The summed E-state index contributed by atoms with van der Waals surface area (Å²) in [6.07, 6.45) is 1.84. The van der Waals surface area contributed by atoms with Crippen molar-refractivity contribution in [2.45, 2.75) is 12.8 Å². The van der Waals surface area contributed by atoms with Crippen LogP contribution in [0.4, 0.5) is 22.7 Å². The number of anilines is 2. The van der Waals surface area contributed by atoms with Gasteiger partial charge in [0.05, 0.1) is 16.3 Å². The maximum Gasteiger partial charge on any atom is 0.292 e. The minimum absolute atomic E-state index is 0.0690. The molecule has 2 aromatic carbocycles. The summed E-state index contributed by atoms with van der Waals surface area (Å²) in [5.41, 5.74) is 10.8. The zero-order chi connectivity index (χ0) is 19.0. The molecule has 7 heteroatoms. The average molecular weight is 365 g/mol. The molecule has 0 spiro atoms. The van der Waals surface area contributed by atoms with E-state index in [4.69, 9.17) is 10.7 Å². The molecule has 1 saturated heterocycles. The van der Waals surface area contributed by atoms with E-state index in [1.54, 1.807) is 12.1 Å². The fraction of sp³-hybridized carbons (Fsp3) is 0.350. The minimum Gasteiger partial charge on any atom is -0.393 e. The molecule has 2 aliphatic rings. The third kappa shape index (κ3) is 3.50. The number of hydrogen-bond donors (Lipinski definition) is 1. The molecule has 0 unspecified atom stereocenters. The second-order valence-corrected chi connectivity index (χ2v) is 7.22. The SMILES string of the molecule is CN1CCCN(c2ccc3c(c2)CC(c2ccc(N)c([N+](=O)[O-])c2)=N3)CC1. The Labute approximate surface area is 158 Å². The molecular formula is C20H23N5O2. The largest absolute Gasteiger partial charge is 0.393 e.